The number of nitrogens with one attached hydrogen (secondary N) is 1. The number of carbonyl (C=O) groups excluding carboxylic acids is 1. The van der Waals surface area contributed by atoms with E-state index in [1.807, 2.05) is 31.2 Å². The molecule has 8 heteroatoms. The van der Waals surface area contributed by atoms with Crippen LogP contribution in [-0.4, -0.2) is 48.5 Å². The summed E-state index contributed by atoms with van der Waals surface area (Å²) < 4.78 is 16.2. The number of urea groups is 1. The molecule has 4 atom stereocenters. The summed E-state index contributed by atoms with van der Waals surface area (Å²) in [5, 5.41) is 13.3. The summed E-state index contributed by atoms with van der Waals surface area (Å²) in [6.07, 6.45) is 1.79. The van der Waals surface area contributed by atoms with Gasteiger partial charge in [-0.1, -0.05) is 31.5 Å². The minimum absolute atomic E-state index is 0.00751. The number of nitrogens with zero attached hydrogens (tertiary/aromatic N) is 1. The van der Waals surface area contributed by atoms with Crippen molar-refractivity contribution in [1.82, 2.24) is 10.2 Å². The van der Waals surface area contributed by atoms with Gasteiger partial charge in [0.15, 0.2) is 11.5 Å². The van der Waals surface area contributed by atoms with Crippen LogP contribution in [0.3, 0.4) is 0 Å². The average molecular weight is 455 g/mol. The van der Waals surface area contributed by atoms with Crippen molar-refractivity contribution in [2.24, 2.45) is 5.92 Å². The minimum atomic E-state index is -0.949. The van der Waals surface area contributed by atoms with Crippen molar-refractivity contribution in [1.29, 1.82) is 0 Å². The third-order valence-corrected chi connectivity index (χ3v) is 6.42. The molecule has 2 aliphatic rings. The van der Waals surface area contributed by atoms with Gasteiger partial charge in [-0.25, -0.2) is 4.79 Å². The lowest BCUT2D eigenvalue weighted by atomic mass is 9.83. The number of amides is 2. The summed E-state index contributed by atoms with van der Waals surface area (Å²) in [6, 6.07) is 11.8. The Bertz CT molecular complexity index is 1010. The summed E-state index contributed by atoms with van der Waals surface area (Å²) in [5.74, 6) is -0.281. The van der Waals surface area contributed by atoms with E-state index >= 15 is 0 Å². The van der Waals surface area contributed by atoms with E-state index in [-0.39, 0.29) is 25.4 Å². The average Bonchev–Trinajstić information content (AvgIpc) is 3.43. The largest absolute Gasteiger partial charge is 0.497 e. The Labute approximate surface area is 193 Å². The fourth-order valence-corrected chi connectivity index (χ4v) is 4.81. The van der Waals surface area contributed by atoms with Gasteiger partial charge in [0, 0.05) is 18.5 Å². The first-order valence-corrected chi connectivity index (χ1v) is 11.3. The number of likely N-dealkylation sites (tertiary alicyclic amines) is 1. The van der Waals surface area contributed by atoms with Gasteiger partial charge in [0.1, 0.15) is 5.75 Å². The van der Waals surface area contributed by atoms with Gasteiger partial charge in [0.2, 0.25) is 6.79 Å². The highest BCUT2D eigenvalue weighted by molar-refractivity contribution is 5.80. The number of aliphatic carboxylic acids is 1. The molecule has 0 bridgehead atoms. The molecule has 4 unspecified atom stereocenters. The van der Waals surface area contributed by atoms with Crippen LogP contribution < -0.4 is 19.5 Å². The lowest BCUT2D eigenvalue weighted by Crippen LogP contribution is -2.44. The molecule has 2 aromatic rings. The molecular weight excluding hydrogens is 424 g/mol. The minimum Gasteiger partial charge on any atom is -0.497 e. The molecule has 2 aliphatic heterocycles. The third kappa shape index (κ3) is 4.55. The van der Waals surface area contributed by atoms with Gasteiger partial charge in [-0.3, -0.25) is 4.79 Å². The molecule has 0 spiro atoms. The molecule has 4 rings (SSSR count). The van der Waals surface area contributed by atoms with E-state index in [2.05, 4.69) is 12.2 Å². The van der Waals surface area contributed by atoms with Crippen molar-refractivity contribution in [3.8, 4) is 17.2 Å². The van der Waals surface area contributed by atoms with Crippen LogP contribution in [-0.2, 0) is 4.79 Å². The zero-order valence-corrected chi connectivity index (χ0v) is 19.1. The Hall–Kier alpha value is -3.42. The van der Waals surface area contributed by atoms with E-state index in [4.69, 9.17) is 14.2 Å². The van der Waals surface area contributed by atoms with Gasteiger partial charge in [0.05, 0.1) is 19.1 Å². The van der Waals surface area contributed by atoms with Crippen LogP contribution in [0.4, 0.5) is 4.79 Å². The molecule has 1 fully saturated rings. The van der Waals surface area contributed by atoms with Crippen LogP contribution in [0.1, 0.15) is 49.8 Å². The normalized spacial score (nSPS) is 22.2. The van der Waals surface area contributed by atoms with E-state index in [1.54, 1.807) is 30.2 Å². The zero-order chi connectivity index (χ0) is 23.5. The summed E-state index contributed by atoms with van der Waals surface area (Å²) in [5.41, 5.74) is 1.56. The maximum Gasteiger partial charge on any atom is 0.318 e. The SMILES string of the molecule is CCCC(C)NC(=O)N1CC(c2ccc3c(c2)OCO3)C(C(=O)O)C1c1ccc(OC)cc1. The highest BCUT2D eigenvalue weighted by atomic mass is 16.7. The number of carboxylic acid groups (broad SMARTS) is 1. The molecule has 33 heavy (non-hydrogen) atoms. The van der Waals surface area contributed by atoms with Gasteiger partial charge in [0.25, 0.3) is 0 Å². The highest BCUT2D eigenvalue weighted by Crippen LogP contribution is 2.47. The zero-order valence-electron chi connectivity index (χ0n) is 19.1. The Kier molecular flexibility index (Phi) is 6.62. The van der Waals surface area contributed by atoms with Crippen LogP contribution in [0.2, 0.25) is 0 Å². The second kappa shape index (κ2) is 9.60. The second-order valence-corrected chi connectivity index (χ2v) is 8.59. The van der Waals surface area contributed by atoms with Gasteiger partial charge in [-0.2, -0.15) is 0 Å². The molecule has 0 aliphatic carbocycles. The van der Waals surface area contributed by atoms with Crippen molar-refractivity contribution in [3.63, 3.8) is 0 Å². The molecule has 2 N–H and O–H groups in total. The molecule has 176 valence electrons. The third-order valence-electron chi connectivity index (χ3n) is 6.42. The van der Waals surface area contributed by atoms with Crippen LogP contribution in [0, 0.1) is 5.92 Å². The Morgan fingerprint density at radius 2 is 1.85 bits per heavy atom. The topological polar surface area (TPSA) is 97.3 Å². The molecule has 2 heterocycles. The molecular formula is C25H30N2O6. The van der Waals surface area contributed by atoms with Crippen molar-refractivity contribution < 1.29 is 28.9 Å². The maximum absolute atomic E-state index is 13.3. The lowest BCUT2D eigenvalue weighted by Gasteiger charge is -2.29. The molecule has 8 nitrogen and oxygen atoms in total. The Morgan fingerprint density at radius 3 is 2.52 bits per heavy atom. The van der Waals surface area contributed by atoms with E-state index in [1.165, 1.54) is 0 Å². The first-order chi connectivity index (χ1) is 15.9. The molecule has 0 saturated carbocycles. The molecule has 0 radical (unpaired) electrons. The number of ether oxygens (including phenoxy) is 3. The van der Waals surface area contributed by atoms with Gasteiger partial charge < -0.3 is 29.5 Å². The summed E-state index contributed by atoms with van der Waals surface area (Å²) >= 11 is 0. The fourth-order valence-electron chi connectivity index (χ4n) is 4.81. The highest BCUT2D eigenvalue weighted by Gasteiger charge is 2.49. The van der Waals surface area contributed by atoms with Crippen molar-refractivity contribution in [3.05, 3.63) is 53.6 Å². The Balaban J connectivity index is 1.72. The fraction of sp³-hybridized carbons (Fsp3) is 0.440. The van der Waals surface area contributed by atoms with Crippen molar-refractivity contribution >= 4 is 12.0 Å². The smallest absolute Gasteiger partial charge is 0.318 e. The number of methoxy groups -OCH3 is 1. The maximum atomic E-state index is 13.3. The Morgan fingerprint density at radius 1 is 1.15 bits per heavy atom. The molecule has 2 amide bonds. The van der Waals surface area contributed by atoms with Gasteiger partial charge >= 0.3 is 12.0 Å². The quantitative estimate of drug-likeness (QED) is 0.652. The van der Waals surface area contributed by atoms with Crippen LogP contribution in [0.25, 0.3) is 0 Å². The molecule has 2 aromatic carbocycles. The number of carboxylic acids is 1. The number of hydrogen-bond donors (Lipinski definition) is 2. The summed E-state index contributed by atoms with van der Waals surface area (Å²) in [7, 11) is 1.58. The van der Waals surface area contributed by atoms with Crippen LogP contribution in [0.5, 0.6) is 17.2 Å². The first-order valence-electron chi connectivity index (χ1n) is 11.3. The lowest BCUT2D eigenvalue weighted by molar-refractivity contribution is -0.142. The number of hydrogen-bond acceptors (Lipinski definition) is 5. The molecule has 1 saturated heterocycles. The van der Waals surface area contributed by atoms with E-state index < -0.39 is 23.8 Å². The van der Waals surface area contributed by atoms with E-state index in [9.17, 15) is 14.7 Å². The van der Waals surface area contributed by atoms with Gasteiger partial charge in [-0.05, 0) is 48.7 Å². The standard InChI is InChI=1S/C25H30N2O6/c1-4-5-15(2)26-25(30)27-13-19(17-8-11-20-21(12-17)33-14-32-20)22(24(28)29)23(27)16-6-9-18(31-3)10-7-16/h6-12,15,19,22-23H,4-5,13-14H2,1-3H3,(H,26,30)(H,28,29). The van der Waals surface area contributed by atoms with Crippen molar-refractivity contribution in [2.45, 2.75) is 44.7 Å². The number of rotatable bonds is 7. The predicted octanol–water partition coefficient (Wildman–Crippen LogP) is 4.16. The number of benzene rings is 2. The molecule has 0 aromatic heterocycles. The number of carbonyl (C=O) groups is 2. The van der Waals surface area contributed by atoms with Crippen LogP contribution >= 0.6 is 0 Å². The van der Waals surface area contributed by atoms with Crippen LogP contribution in [0.15, 0.2) is 42.5 Å². The summed E-state index contributed by atoms with van der Waals surface area (Å²) in [4.78, 5) is 27.6. The first kappa shape index (κ1) is 22.8. The number of fused-ring (bicyclic) bond motifs is 1. The van der Waals surface area contributed by atoms with E-state index in [0.717, 1.165) is 24.0 Å². The summed E-state index contributed by atoms with van der Waals surface area (Å²) in [6.45, 7) is 4.45. The van der Waals surface area contributed by atoms with Gasteiger partial charge in [-0.15, -0.1) is 0 Å². The van der Waals surface area contributed by atoms with Crippen molar-refractivity contribution in [2.75, 3.05) is 20.4 Å². The monoisotopic (exact) mass is 454 g/mol. The second-order valence-electron chi connectivity index (χ2n) is 8.59. The predicted molar refractivity (Wildman–Crippen MR) is 122 cm³/mol. The van der Waals surface area contributed by atoms with E-state index in [0.29, 0.717) is 17.2 Å².